The molecule has 1 saturated heterocycles. The number of aliphatic hydroxyl groups excluding tert-OH is 1. The highest BCUT2D eigenvalue weighted by Crippen LogP contribution is 2.37. The SMILES string of the molecule is O=S1(=O)CCCCC1C(O)c1ccc(C2CCC2)cc1. The van der Waals surface area contributed by atoms with Crippen molar-refractivity contribution < 1.29 is 13.5 Å². The molecule has 2 unspecified atom stereocenters. The maximum Gasteiger partial charge on any atom is 0.156 e. The van der Waals surface area contributed by atoms with Crippen molar-refractivity contribution in [1.29, 1.82) is 0 Å². The van der Waals surface area contributed by atoms with Crippen LogP contribution < -0.4 is 0 Å². The molecule has 1 aromatic rings. The van der Waals surface area contributed by atoms with E-state index in [1.54, 1.807) is 0 Å². The van der Waals surface area contributed by atoms with Gasteiger partial charge in [-0.3, -0.25) is 0 Å². The summed E-state index contributed by atoms with van der Waals surface area (Å²) in [4.78, 5) is 0. The Hall–Kier alpha value is -0.870. The van der Waals surface area contributed by atoms with Crippen molar-refractivity contribution in [2.24, 2.45) is 0 Å². The van der Waals surface area contributed by atoms with Crippen LogP contribution in [0.5, 0.6) is 0 Å². The van der Waals surface area contributed by atoms with Crippen molar-refractivity contribution >= 4 is 9.84 Å². The van der Waals surface area contributed by atoms with E-state index in [4.69, 9.17) is 0 Å². The molecule has 3 rings (SSSR count). The van der Waals surface area contributed by atoms with Gasteiger partial charge in [-0.1, -0.05) is 37.1 Å². The number of hydrogen-bond acceptors (Lipinski definition) is 3. The molecule has 1 aliphatic carbocycles. The minimum Gasteiger partial charge on any atom is -0.387 e. The van der Waals surface area contributed by atoms with E-state index < -0.39 is 21.2 Å². The molecule has 1 aromatic carbocycles. The highest BCUT2D eigenvalue weighted by atomic mass is 32.2. The second kappa shape index (κ2) is 5.49. The van der Waals surface area contributed by atoms with Crippen molar-refractivity contribution in [3.63, 3.8) is 0 Å². The predicted molar refractivity (Wildman–Crippen MR) is 79.4 cm³/mol. The van der Waals surface area contributed by atoms with E-state index in [2.05, 4.69) is 12.1 Å². The van der Waals surface area contributed by atoms with Gasteiger partial charge < -0.3 is 5.11 Å². The fraction of sp³-hybridized carbons (Fsp3) is 0.625. The van der Waals surface area contributed by atoms with Gasteiger partial charge in [0.05, 0.1) is 17.1 Å². The summed E-state index contributed by atoms with van der Waals surface area (Å²) in [5.41, 5.74) is 2.06. The lowest BCUT2D eigenvalue weighted by atomic mass is 9.80. The van der Waals surface area contributed by atoms with Gasteiger partial charge in [0.25, 0.3) is 0 Å². The third-order valence-corrected chi connectivity index (χ3v) is 7.11. The highest BCUT2D eigenvalue weighted by molar-refractivity contribution is 7.92. The Bertz CT molecular complexity index is 558. The van der Waals surface area contributed by atoms with E-state index in [1.807, 2.05) is 12.1 Å². The largest absolute Gasteiger partial charge is 0.387 e. The number of rotatable bonds is 3. The standard InChI is InChI=1S/C16H22O3S/c17-16(15-6-1-2-11-20(15,18)19)14-9-7-13(8-10-14)12-4-3-5-12/h7-10,12,15-17H,1-6,11H2. The van der Waals surface area contributed by atoms with Crippen LogP contribution in [0.2, 0.25) is 0 Å². The van der Waals surface area contributed by atoms with Crippen LogP contribution in [0, 0.1) is 0 Å². The number of benzene rings is 1. The van der Waals surface area contributed by atoms with Gasteiger partial charge in [-0.05, 0) is 42.7 Å². The smallest absolute Gasteiger partial charge is 0.156 e. The van der Waals surface area contributed by atoms with Gasteiger partial charge in [0.15, 0.2) is 9.84 Å². The Morgan fingerprint density at radius 2 is 1.70 bits per heavy atom. The highest BCUT2D eigenvalue weighted by Gasteiger charge is 2.35. The van der Waals surface area contributed by atoms with E-state index in [0.29, 0.717) is 12.3 Å². The number of aliphatic hydroxyl groups is 1. The average Bonchev–Trinajstić information content (AvgIpc) is 2.36. The Balaban J connectivity index is 1.77. The minimum atomic E-state index is -3.14. The zero-order chi connectivity index (χ0) is 14.2. The maximum absolute atomic E-state index is 12.1. The fourth-order valence-electron chi connectivity index (χ4n) is 3.26. The van der Waals surface area contributed by atoms with Crippen LogP contribution in [0.3, 0.4) is 0 Å². The topological polar surface area (TPSA) is 54.4 Å². The molecule has 1 heterocycles. The first-order valence-electron chi connectivity index (χ1n) is 7.57. The lowest BCUT2D eigenvalue weighted by Gasteiger charge is -2.28. The van der Waals surface area contributed by atoms with Crippen molar-refractivity contribution in [3.05, 3.63) is 35.4 Å². The van der Waals surface area contributed by atoms with E-state index >= 15 is 0 Å². The van der Waals surface area contributed by atoms with Crippen LogP contribution in [-0.2, 0) is 9.84 Å². The van der Waals surface area contributed by atoms with E-state index in [1.165, 1.54) is 24.8 Å². The van der Waals surface area contributed by atoms with Crippen LogP contribution in [-0.4, -0.2) is 24.5 Å². The van der Waals surface area contributed by atoms with Crippen LogP contribution in [0.4, 0.5) is 0 Å². The third kappa shape index (κ3) is 2.63. The number of sulfone groups is 1. The van der Waals surface area contributed by atoms with Gasteiger partial charge in [0.1, 0.15) is 0 Å². The Labute approximate surface area is 120 Å². The van der Waals surface area contributed by atoms with Crippen molar-refractivity contribution in [2.45, 2.75) is 55.8 Å². The summed E-state index contributed by atoms with van der Waals surface area (Å²) in [5, 5.41) is 9.78. The van der Waals surface area contributed by atoms with Crippen LogP contribution in [0.15, 0.2) is 24.3 Å². The molecule has 2 aliphatic rings. The predicted octanol–water partition coefficient (Wildman–Crippen LogP) is 2.95. The van der Waals surface area contributed by atoms with Crippen molar-refractivity contribution in [3.8, 4) is 0 Å². The first-order valence-corrected chi connectivity index (χ1v) is 9.29. The molecule has 3 nitrogen and oxygen atoms in total. The first-order chi connectivity index (χ1) is 9.58. The molecule has 0 aromatic heterocycles. The maximum atomic E-state index is 12.1. The van der Waals surface area contributed by atoms with Crippen LogP contribution in [0.1, 0.15) is 61.7 Å². The first kappa shape index (κ1) is 14.1. The quantitative estimate of drug-likeness (QED) is 0.932. The Morgan fingerprint density at radius 3 is 2.25 bits per heavy atom. The van der Waals surface area contributed by atoms with Gasteiger partial charge in [0, 0.05) is 0 Å². The summed E-state index contributed by atoms with van der Waals surface area (Å²) >= 11 is 0. The summed E-state index contributed by atoms with van der Waals surface area (Å²) in [6.07, 6.45) is 5.12. The van der Waals surface area contributed by atoms with E-state index in [0.717, 1.165) is 18.4 Å². The second-order valence-electron chi connectivity index (χ2n) is 6.14. The van der Waals surface area contributed by atoms with Crippen LogP contribution >= 0.6 is 0 Å². The monoisotopic (exact) mass is 294 g/mol. The Kier molecular flexibility index (Phi) is 3.87. The molecule has 4 heteroatoms. The molecular formula is C16H22O3S. The van der Waals surface area contributed by atoms with E-state index in [9.17, 15) is 13.5 Å². The molecule has 0 radical (unpaired) electrons. The van der Waals surface area contributed by atoms with Gasteiger partial charge >= 0.3 is 0 Å². The van der Waals surface area contributed by atoms with Crippen molar-refractivity contribution in [1.82, 2.24) is 0 Å². The van der Waals surface area contributed by atoms with E-state index in [-0.39, 0.29) is 5.75 Å². The molecule has 20 heavy (non-hydrogen) atoms. The van der Waals surface area contributed by atoms with Crippen LogP contribution in [0.25, 0.3) is 0 Å². The van der Waals surface area contributed by atoms with Gasteiger partial charge in [-0.25, -0.2) is 8.42 Å². The molecule has 1 N–H and O–H groups in total. The van der Waals surface area contributed by atoms with Gasteiger partial charge in [0.2, 0.25) is 0 Å². The fourth-order valence-corrected chi connectivity index (χ4v) is 5.24. The molecule has 110 valence electrons. The summed E-state index contributed by atoms with van der Waals surface area (Å²) in [6.45, 7) is 0. The molecule has 0 spiro atoms. The molecular weight excluding hydrogens is 272 g/mol. The Morgan fingerprint density at radius 1 is 1.00 bits per heavy atom. The molecule has 2 fully saturated rings. The zero-order valence-electron chi connectivity index (χ0n) is 11.7. The molecule has 1 saturated carbocycles. The zero-order valence-corrected chi connectivity index (χ0v) is 12.5. The average molecular weight is 294 g/mol. The van der Waals surface area contributed by atoms with Gasteiger partial charge in [-0.15, -0.1) is 0 Å². The second-order valence-corrected chi connectivity index (χ2v) is 8.48. The lowest BCUT2D eigenvalue weighted by molar-refractivity contribution is 0.164. The summed E-state index contributed by atoms with van der Waals surface area (Å²) in [6, 6.07) is 7.92. The summed E-state index contributed by atoms with van der Waals surface area (Å²) in [5.74, 6) is 0.883. The summed E-state index contributed by atoms with van der Waals surface area (Å²) < 4.78 is 24.1. The molecule has 0 bridgehead atoms. The molecule has 1 aliphatic heterocycles. The lowest BCUT2D eigenvalue weighted by Crippen LogP contribution is -2.33. The molecule has 2 atom stereocenters. The van der Waals surface area contributed by atoms with Gasteiger partial charge in [-0.2, -0.15) is 0 Å². The normalized spacial score (nSPS) is 27.8. The third-order valence-electron chi connectivity index (χ3n) is 4.84. The summed E-state index contributed by atoms with van der Waals surface area (Å²) in [7, 11) is -3.14. The molecule has 0 amide bonds. The minimum absolute atomic E-state index is 0.217. The van der Waals surface area contributed by atoms with Crippen molar-refractivity contribution in [2.75, 3.05) is 5.75 Å². The number of hydrogen-bond donors (Lipinski definition) is 1.